The molecule has 30 heavy (non-hydrogen) atoms. The number of hydrogen-bond acceptors (Lipinski definition) is 5. The van der Waals surface area contributed by atoms with E-state index in [9.17, 15) is 0 Å². The van der Waals surface area contributed by atoms with Crippen LogP contribution in [-0.2, 0) is 0 Å². The van der Waals surface area contributed by atoms with Crippen molar-refractivity contribution in [1.82, 2.24) is 24.3 Å². The molecule has 6 nitrogen and oxygen atoms in total. The number of rotatable bonds is 4. The fourth-order valence-electron chi connectivity index (χ4n) is 4.23. The number of piperazine rings is 1. The van der Waals surface area contributed by atoms with Crippen molar-refractivity contribution >= 4 is 11.5 Å². The smallest absolute Gasteiger partial charge is 0.163 e. The molecule has 1 fully saturated rings. The summed E-state index contributed by atoms with van der Waals surface area (Å²) >= 11 is 0. The highest BCUT2D eigenvalue weighted by atomic mass is 15.3. The standard InChI is InChI=1S/C24H26N6/c1-18-16-23-25-10-11-30(23)17-21(18)24-26-9-8-22(27-24)29-14-12-28(13-15-29)19(2)20-6-4-3-5-7-20/h3-11,16-17,19H,12-15H2,1-2H3. The summed E-state index contributed by atoms with van der Waals surface area (Å²) in [6.45, 7) is 8.36. The van der Waals surface area contributed by atoms with Gasteiger partial charge in [0.15, 0.2) is 5.82 Å². The Labute approximate surface area is 176 Å². The van der Waals surface area contributed by atoms with E-state index in [2.05, 4.69) is 76.2 Å². The summed E-state index contributed by atoms with van der Waals surface area (Å²) < 4.78 is 2.02. The van der Waals surface area contributed by atoms with Gasteiger partial charge in [0, 0.05) is 62.6 Å². The van der Waals surface area contributed by atoms with E-state index in [1.54, 1.807) is 0 Å². The molecule has 152 valence electrons. The Morgan fingerprint density at radius 3 is 2.53 bits per heavy atom. The van der Waals surface area contributed by atoms with Crippen molar-refractivity contribution in [3.63, 3.8) is 0 Å². The van der Waals surface area contributed by atoms with Gasteiger partial charge in [-0.25, -0.2) is 15.0 Å². The third-order valence-corrected chi connectivity index (χ3v) is 6.09. The number of fused-ring (bicyclic) bond motifs is 1. The summed E-state index contributed by atoms with van der Waals surface area (Å²) in [4.78, 5) is 18.7. The van der Waals surface area contributed by atoms with Crippen LogP contribution in [0.4, 0.5) is 5.82 Å². The molecule has 0 aliphatic carbocycles. The topological polar surface area (TPSA) is 49.6 Å². The van der Waals surface area contributed by atoms with Gasteiger partial charge in [-0.2, -0.15) is 0 Å². The van der Waals surface area contributed by atoms with Gasteiger partial charge in [0.2, 0.25) is 0 Å². The Hall–Kier alpha value is -3.25. The van der Waals surface area contributed by atoms with E-state index < -0.39 is 0 Å². The van der Waals surface area contributed by atoms with E-state index in [0.29, 0.717) is 6.04 Å². The van der Waals surface area contributed by atoms with Crippen molar-refractivity contribution in [3.05, 3.63) is 78.4 Å². The van der Waals surface area contributed by atoms with Crippen molar-refractivity contribution < 1.29 is 0 Å². The molecule has 0 saturated carbocycles. The number of aryl methyl sites for hydroxylation is 1. The molecule has 5 rings (SSSR count). The Kier molecular flexibility index (Phi) is 4.93. The Balaban J connectivity index is 1.33. The fourth-order valence-corrected chi connectivity index (χ4v) is 4.23. The number of pyridine rings is 1. The van der Waals surface area contributed by atoms with Gasteiger partial charge in [0.05, 0.1) is 0 Å². The molecule has 0 bridgehead atoms. The van der Waals surface area contributed by atoms with E-state index >= 15 is 0 Å². The van der Waals surface area contributed by atoms with Crippen LogP contribution in [0.5, 0.6) is 0 Å². The van der Waals surface area contributed by atoms with Gasteiger partial charge < -0.3 is 9.30 Å². The van der Waals surface area contributed by atoms with Gasteiger partial charge in [0.25, 0.3) is 0 Å². The summed E-state index contributed by atoms with van der Waals surface area (Å²) in [6, 6.07) is 15.3. The van der Waals surface area contributed by atoms with Gasteiger partial charge >= 0.3 is 0 Å². The highest BCUT2D eigenvalue weighted by Crippen LogP contribution is 2.25. The minimum atomic E-state index is 0.430. The SMILES string of the molecule is Cc1cc2nccn2cc1-c1nccc(N2CCN(C(C)c3ccccc3)CC2)n1. The third-order valence-electron chi connectivity index (χ3n) is 6.09. The zero-order chi connectivity index (χ0) is 20.5. The third kappa shape index (κ3) is 3.55. The second-order valence-electron chi connectivity index (χ2n) is 7.91. The van der Waals surface area contributed by atoms with Gasteiger partial charge in [0.1, 0.15) is 11.5 Å². The molecule has 1 aliphatic rings. The molecule has 0 spiro atoms. The lowest BCUT2D eigenvalue weighted by Gasteiger charge is -2.38. The molecular formula is C24H26N6. The maximum absolute atomic E-state index is 4.91. The van der Waals surface area contributed by atoms with Gasteiger partial charge in [-0.05, 0) is 37.1 Å². The number of nitrogens with zero attached hydrogens (tertiary/aromatic N) is 6. The van der Waals surface area contributed by atoms with Crippen LogP contribution in [0.25, 0.3) is 17.0 Å². The molecule has 4 heterocycles. The van der Waals surface area contributed by atoms with E-state index in [4.69, 9.17) is 4.98 Å². The predicted octanol–water partition coefficient (Wildman–Crippen LogP) is 3.98. The highest BCUT2D eigenvalue weighted by Gasteiger charge is 2.23. The van der Waals surface area contributed by atoms with Crippen LogP contribution < -0.4 is 4.90 Å². The predicted molar refractivity (Wildman–Crippen MR) is 120 cm³/mol. The van der Waals surface area contributed by atoms with Crippen molar-refractivity contribution in [2.24, 2.45) is 0 Å². The molecule has 3 aromatic heterocycles. The number of hydrogen-bond donors (Lipinski definition) is 0. The highest BCUT2D eigenvalue weighted by molar-refractivity contribution is 5.64. The number of imidazole rings is 1. The van der Waals surface area contributed by atoms with E-state index in [0.717, 1.165) is 54.6 Å². The molecule has 6 heteroatoms. The van der Waals surface area contributed by atoms with Crippen LogP contribution in [-0.4, -0.2) is 50.4 Å². The number of benzene rings is 1. The Bertz CT molecular complexity index is 1140. The molecule has 0 amide bonds. The Morgan fingerprint density at radius 2 is 1.73 bits per heavy atom. The minimum Gasteiger partial charge on any atom is -0.354 e. The Morgan fingerprint density at radius 1 is 0.933 bits per heavy atom. The van der Waals surface area contributed by atoms with E-state index in [-0.39, 0.29) is 0 Å². The average Bonchev–Trinajstić information content (AvgIpc) is 3.26. The van der Waals surface area contributed by atoms with Gasteiger partial charge in [-0.1, -0.05) is 30.3 Å². The summed E-state index contributed by atoms with van der Waals surface area (Å²) in [6.07, 6.45) is 7.70. The first kappa shape index (κ1) is 18.8. The van der Waals surface area contributed by atoms with E-state index in [1.807, 2.05) is 29.1 Å². The number of anilines is 1. The average molecular weight is 399 g/mol. The van der Waals surface area contributed by atoms with Crippen LogP contribution in [0.1, 0.15) is 24.1 Å². The fraction of sp³-hybridized carbons (Fsp3) is 0.292. The van der Waals surface area contributed by atoms with Crippen LogP contribution in [0, 0.1) is 6.92 Å². The maximum atomic E-state index is 4.91. The molecule has 0 N–H and O–H groups in total. The molecule has 1 saturated heterocycles. The molecule has 1 aromatic carbocycles. The first-order valence-corrected chi connectivity index (χ1v) is 10.5. The van der Waals surface area contributed by atoms with Crippen LogP contribution in [0.2, 0.25) is 0 Å². The van der Waals surface area contributed by atoms with Crippen molar-refractivity contribution in [3.8, 4) is 11.4 Å². The first-order chi connectivity index (χ1) is 14.7. The molecule has 1 aliphatic heterocycles. The molecular weight excluding hydrogens is 372 g/mol. The molecule has 1 atom stereocenters. The van der Waals surface area contributed by atoms with Crippen LogP contribution in [0.3, 0.4) is 0 Å². The normalized spacial score (nSPS) is 16.1. The number of aromatic nitrogens is 4. The summed E-state index contributed by atoms with van der Waals surface area (Å²) in [5.74, 6) is 1.76. The minimum absolute atomic E-state index is 0.430. The molecule has 1 unspecified atom stereocenters. The maximum Gasteiger partial charge on any atom is 0.163 e. The zero-order valence-corrected chi connectivity index (χ0v) is 17.4. The van der Waals surface area contributed by atoms with Crippen molar-refractivity contribution in [2.45, 2.75) is 19.9 Å². The monoisotopic (exact) mass is 398 g/mol. The largest absolute Gasteiger partial charge is 0.354 e. The zero-order valence-electron chi connectivity index (χ0n) is 17.4. The second kappa shape index (κ2) is 7.88. The van der Waals surface area contributed by atoms with E-state index in [1.165, 1.54) is 5.56 Å². The lowest BCUT2D eigenvalue weighted by molar-refractivity contribution is 0.198. The lowest BCUT2D eigenvalue weighted by atomic mass is 10.1. The summed E-state index contributed by atoms with van der Waals surface area (Å²) in [7, 11) is 0. The van der Waals surface area contributed by atoms with Crippen molar-refractivity contribution in [1.29, 1.82) is 0 Å². The van der Waals surface area contributed by atoms with Gasteiger partial charge in [-0.3, -0.25) is 4.90 Å². The second-order valence-corrected chi connectivity index (χ2v) is 7.91. The van der Waals surface area contributed by atoms with Crippen LogP contribution >= 0.6 is 0 Å². The lowest BCUT2D eigenvalue weighted by Crippen LogP contribution is -2.47. The van der Waals surface area contributed by atoms with Crippen LogP contribution in [0.15, 0.2) is 67.3 Å². The molecule has 4 aromatic rings. The van der Waals surface area contributed by atoms with Gasteiger partial charge in [-0.15, -0.1) is 0 Å². The quantitative estimate of drug-likeness (QED) is 0.520. The first-order valence-electron chi connectivity index (χ1n) is 10.5. The summed E-state index contributed by atoms with van der Waals surface area (Å²) in [5.41, 5.74) is 4.49. The molecule has 0 radical (unpaired) electrons. The van der Waals surface area contributed by atoms with Crippen molar-refractivity contribution in [2.75, 3.05) is 31.1 Å². The summed E-state index contributed by atoms with van der Waals surface area (Å²) in [5, 5.41) is 0.